The maximum atomic E-state index is 11.9. The Bertz CT molecular complexity index is 544. The van der Waals surface area contributed by atoms with E-state index >= 15 is 0 Å². The molecule has 0 unspecified atom stereocenters. The van der Waals surface area contributed by atoms with Crippen LogP contribution in [0, 0.1) is 0 Å². The molecule has 0 aliphatic carbocycles. The van der Waals surface area contributed by atoms with Gasteiger partial charge in [-0.15, -0.1) is 0 Å². The Morgan fingerprint density at radius 1 is 1.18 bits per heavy atom. The lowest BCUT2D eigenvalue weighted by Crippen LogP contribution is -2.41. The molecule has 0 atom stereocenters. The number of esters is 1. The summed E-state index contributed by atoms with van der Waals surface area (Å²) in [5.74, 6) is -1.26. The SMILES string of the molecule is COCCNC(=O)CN(C(C)=O)c1ccccc1C(=O)OC. The van der Waals surface area contributed by atoms with Crippen molar-refractivity contribution in [3.05, 3.63) is 29.8 Å². The fraction of sp³-hybridized carbons (Fsp3) is 0.400. The third kappa shape index (κ3) is 4.85. The Morgan fingerprint density at radius 2 is 1.86 bits per heavy atom. The van der Waals surface area contributed by atoms with Crippen LogP contribution in [0.15, 0.2) is 24.3 Å². The van der Waals surface area contributed by atoms with Gasteiger partial charge in [-0.2, -0.15) is 0 Å². The highest BCUT2D eigenvalue weighted by molar-refractivity contribution is 6.04. The molecule has 0 fully saturated rings. The van der Waals surface area contributed by atoms with Crippen molar-refractivity contribution in [1.29, 1.82) is 0 Å². The minimum absolute atomic E-state index is 0.187. The first-order valence-electron chi connectivity index (χ1n) is 6.72. The second-order valence-corrected chi connectivity index (χ2v) is 4.46. The highest BCUT2D eigenvalue weighted by atomic mass is 16.5. The molecule has 0 radical (unpaired) electrons. The van der Waals surface area contributed by atoms with Crippen molar-refractivity contribution in [1.82, 2.24) is 5.32 Å². The Morgan fingerprint density at radius 3 is 2.45 bits per heavy atom. The number of ether oxygens (including phenoxy) is 2. The summed E-state index contributed by atoms with van der Waals surface area (Å²) in [5.41, 5.74) is 0.564. The maximum Gasteiger partial charge on any atom is 0.339 e. The van der Waals surface area contributed by atoms with Crippen LogP contribution in [-0.4, -0.2) is 51.7 Å². The van der Waals surface area contributed by atoms with E-state index in [4.69, 9.17) is 9.47 Å². The van der Waals surface area contributed by atoms with Crippen LogP contribution < -0.4 is 10.2 Å². The summed E-state index contributed by atoms with van der Waals surface area (Å²) >= 11 is 0. The highest BCUT2D eigenvalue weighted by Gasteiger charge is 2.21. The molecule has 7 nitrogen and oxygen atoms in total. The average molecular weight is 308 g/mol. The maximum absolute atomic E-state index is 11.9. The first-order valence-corrected chi connectivity index (χ1v) is 6.72. The number of methoxy groups -OCH3 is 2. The van der Waals surface area contributed by atoms with Crippen LogP contribution in [0.5, 0.6) is 0 Å². The number of hydrogen-bond donors (Lipinski definition) is 1. The van der Waals surface area contributed by atoms with Crippen LogP contribution in [0.1, 0.15) is 17.3 Å². The van der Waals surface area contributed by atoms with Gasteiger partial charge in [0, 0.05) is 20.6 Å². The molecule has 0 aliphatic heterocycles. The van der Waals surface area contributed by atoms with Gasteiger partial charge >= 0.3 is 5.97 Å². The minimum Gasteiger partial charge on any atom is -0.465 e. The van der Waals surface area contributed by atoms with Crippen molar-refractivity contribution < 1.29 is 23.9 Å². The number of amides is 2. The standard InChI is InChI=1S/C15H20N2O5/c1-11(18)17(10-14(19)16-8-9-21-2)13-7-5-4-6-12(13)15(20)22-3/h4-7H,8-10H2,1-3H3,(H,16,19). The molecule has 0 saturated heterocycles. The van der Waals surface area contributed by atoms with E-state index in [9.17, 15) is 14.4 Å². The van der Waals surface area contributed by atoms with Gasteiger partial charge in [-0.25, -0.2) is 4.79 Å². The van der Waals surface area contributed by atoms with Crippen LogP contribution >= 0.6 is 0 Å². The molecule has 0 spiro atoms. The number of carbonyl (C=O) groups is 3. The number of rotatable bonds is 7. The zero-order chi connectivity index (χ0) is 16.5. The number of nitrogens with zero attached hydrogens (tertiary/aromatic N) is 1. The normalized spacial score (nSPS) is 9.95. The molecule has 120 valence electrons. The second-order valence-electron chi connectivity index (χ2n) is 4.46. The molecule has 7 heteroatoms. The van der Waals surface area contributed by atoms with Gasteiger partial charge < -0.3 is 19.7 Å². The number of nitrogens with one attached hydrogen (secondary N) is 1. The van der Waals surface area contributed by atoms with Crippen molar-refractivity contribution in [2.45, 2.75) is 6.92 Å². The Kier molecular flexibility index (Phi) is 7.04. The first kappa shape index (κ1) is 17.6. The van der Waals surface area contributed by atoms with E-state index in [-0.39, 0.29) is 23.9 Å². The van der Waals surface area contributed by atoms with Crippen molar-refractivity contribution in [3.8, 4) is 0 Å². The fourth-order valence-electron chi connectivity index (χ4n) is 1.85. The quantitative estimate of drug-likeness (QED) is 0.588. The lowest BCUT2D eigenvalue weighted by atomic mass is 10.1. The molecule has 0 aliphatic rings. The van der Waals surface area contributed by atoms with Gasteiger partial charge in [-0.3, -0.25) is 9.59 Å². The van der Waals surface area contributed by atoms with E-state index in [1.165, 1.54) is 26.0 Å². The summed E-state index contributed by atoms with van der Waals surface area (Å²) < 4.78 is 9.54. The van der Waals surface area contributed by atoms with Gasteiger partial charge in [-0.05, 0) is 12.1 Å². The molecule has 1 rings (SSSR count). The summed E-state index contributed by atoms with van der Waals surface area (Å²) in [7, 11) is 2.79. The monoisotopic (exact) mass is 308 g/mol. The van der Waals surface area contributed by atoms with E-state index < -0.39 is 5.97 Å². The first-order chi connectivity index (χ1) is 10.5. The average Bonchev–Trinajstić information content (AvgIpc) is 2.52. The molecule has 1 aromatic rings. The lowest BCUT2D eigenvalue weighted by molar-refractivity contribution is -0.123. The zero-order valence-electron chi connectivity index (χ0n) is 12.9. The third-order valence-corrected chi connectivity index (χ3v) is 2.91. The second kappa shape index (κ2) is 8.78. The zero-order valence-corrected chi connectivity index (χ0v) is 12.9. The van der Waals surface area contributed by atoms with Gasteiger partial charge in [0.15, 0.2) is 0 Å². The van der Waals surface area contributed by atoms with Crippen molar-refractivity contribution in [3.63, 3.8) is 0 Å². The Labute approximate surface area is 129 Å². The van der Waals surface area contributed by atoms with Crippen LogP contribution in [0.3, 0.4) is 0 Å². The van der Waals surface area contributed by atoms with Crippen molar-refractivity contribution >= 4 is 23.5 Å². The number of anilines is 1. The van der Waals surface area contributed by atoms with Crippen molar-refractivity contribution in [2.75, 3.05) is 38.8 Å². The summed E-state index contributed by atoms with van der Waals surface area (Å²) in [6, 6.07) is 6.48. The molecule has 1 N–H and O–H groups in total. The molecular weight excluding hydrogens is 288 g/mol. The molecule has 0 heterocycles. The number of hydrogen-bond acceptors (Lipinski definition) is 5. The van der Waals surface area contributed by atoms with Crippen LogP contribution in [0.2, 0.25) is 0 Å². The Hall–Kier alpha value is -2.41. The van der Waals surface area contributed by atoms with E-state index in [0.717, 1.165) is 0 Å². The van der Waals surface area contributed by atoms with Gasteiger partial charge in [0.1, 0.15) is 6.54 Å². The summed E-state index contributed by atoms with van der Waals surface area (Å²) in [4.78, 5) is 36.7. The lowest BCUT2D eigenvalue weighted by Gasteiger charge is -2.22. The summed E-state index contributed by atoms with van der Waals surface area (Å²) in [5, 5.41) is 2.63. The summed E-state index contributed by atoms with van der Waals surface area (Å²) in [6.45, 7) is 1.87. The molecule has 22 heavy (non-hydrogen) atoms. The molecule has 2 amide bonds. The van der Waals surface area contributed by atoms with Crippen LogP contribution in [-0.2, 0) is 19.1 Å². The smallest absolute Gasteiger partial charge is 0.339 e. The number of para-hydroxylation sites is 1. The fourth-order valence-corrected chi connectivity index (χ4v) is 1.85. The molecule has 0 saturated carbocycles. The topological polar surface area (TPSA) is 84.9 Å². The predicted octanol–water partition coefficient (Wildman–Crippen LogP) is 0.589. The molecule has 0 aromatic heterocycles. The van der Waals surface area contributed by atoms with E-state index in [0.29, 0.717) is 18.8 Å². The van der Waals surface area contributed by atoms with Crippen LogP contribution in [0.25, 0.3) is 0 Å². The third-order valence-electron chi connectivity index (χ3n) is 2.91. The predicted molar refractivity (Wildman–Crippen MR) is 80.7 cm³/mol. The van der Waals surface area contributed by atoms with Gasteiger partial charge in [-0.1, -0.05) is 12.1 Å². The highest BCUT2D eigenvalue weighted by Crippen LogP contribution is 2.21. The molecule has 1 aromatic carbocycles. The molecular formula is C15H20N2O5. The van der Waals surface area contributed by atoms with E-state index in [1.807, 2.05) is 0 Å². The van der Waals surface area contributed by atoms with E-state index in [2.05, 4.69) is 5.32 Å². The van der Waals surface area contributed by atoms with Gasteiger partial charge in [0.2, 0.25) is 11.8 Å². The van der Waals surface area contributed by atoms with Crippen LogP contribution in [0.4, 0.5) is 5.69 Å². The number of carbonyl (C=O) groups excluding carboxylic acids is 3. The largest absolute Gasteiger partial charge is 0.465 e. The molecule has 0 bridgehead atoms. The van der Waals surface area contributed by atoms with Gasteiger partial charge in [0.05, 0.1) is 25.0 Å². The number of benzene rings is 1. The van der Waals surface area contributed by atoms with Crippen molar-refractivity contribution in [2.24, 2.45) is 0 Å². The van der Waals surface area contributed by atoms with E-state index in [1.54, 1.807) is 24.3 Å². The van der Waals surface area contributed by atoms with Gasteiger partial charge in [0.25, 0.3) is 0 Å². The Balaban J connectivity index is 2.95. The minimum atomic E-state index is -0.568. The summed E-state index contributed by atoms with van der Waals surface area (Å²) in [6.07, 6.45) is 0.